The van der Waals surface area contributed by atoms with Crippen LogP contribution in [0.4, 0.5) is 5.69 Å². The molecule has 0 atom stereocenters. The Hall–Kier alpha value is -2.36. The van der Waals surface area contributed by atoms with Crippen LogP contribution in [0.3, 0.4) is 0 Å². The first-order valence-electron chi connectivity index (χ1n) is 5.91. The molecule has 4 heteroatoms. The summed E-state index contributed by atoms with van der Waals surface area (Å²) >= 11 is 0. The first kappa shape index (κ1) is 10.8. The highest BCUT2D eigenvalue weighted by molar-refractivity contribution is 5.90. The Morgan fingerprint density at radius 1 is 1.17 bits per heavy atom. The molecule has 0 bridgehead atoms. The minimum absolute atomic E-state index is 0.699. The summed E-state index contributed by atoms with van der Waals surface area (Å²) in [5.41, 5.74) is 4.15. The third kappa shape index (κ3) is 1.93. The van der Waals surface area contributed by atoms with Gasteiger partial charge in [-0.25, -0.2) is 4.98 Å². The molecule has 3 rings (SSSR count). The van der Waals surface area contributed by atoms with Crippen LogP contribution in [-0.2, 0) is 6.54 Å². The summed E-state index contributed by atoms with van der Waals surface area (Å²) < 4.78 is 0. The number of hydrogen-bond acceptors (Lipinski definition) is 3. The number of nitrogens with one attached hydrogen (secondary N) is 2. The smallest absolute Gasteiger partial charge is 0.0933 e. The molecule has 0 aliphatic rings. The molecule has 0 spiro atoms. The van der Waals surface area contributed by atoms with Crippen molar-refractivity contribution in [3.63, 3.8) is 0 Å². The van der Waals surface area contributed by atoms with Gasteiger partial charge in [0.2, 0.25) is 0 Å². The lowest BCUT2D eigenvalue weighted by atomic mass is 10.2. The number of benzene rings is 1. The second kappa shape index (κ2) is 4.49. The maximum absolute atomic E-state index is 4.41. The Bertz CT molecular complexity index is 667. The first-order chi connectivity index (χ1) is 8.84. The number of rotatable bonds is 3. The van der Waals surface area contributed by atoms with Crippen molar-refractivity contribution in [2.45, 2.75) is 13.5 Å². The van der Waals surface area contributed by atoms with Crippen molar-refractivity contribution in [2.75, 3.05) is 5.32 Å². The number of para-hydroxylation sites is 1. The summed E-state index contributed by atoms with van der Waals surface area (Å²) in [5.74, 6) is 0. The second-order valence-electron chi connectivity index (χ2n) is 4.21. The normalized spacial score (nSPS) is 10.7. The number of hydrogen-bond donors (Lipinski definition) is 2. The maximum Gasteiger partial charge on any atom is 0.0933 e. The van der Waals surface area contributed by atoms with Crippen LogP contribution in [-0.4, -0.2) is 15.0 Å². The van der Waals surface area contributed by atoms with Gasteiger partial charge < -0.3 is 10.3 Å². The van der Waals surface area contributed by atoms with Crippen molar-refractivity contribution < 1.29 is 0 Å². The van der Waals surface area contributed by atoms with Crippen LogP contribution >= 0.6 is 0 Å². The number of nitrogens with zero attached hydrogens (tertiary/aromatic N) is 2. The molecule has 90 valence electrons. The zero-order valence-electron chi connectivity index (χ0n) is 10.1. The molecule has 1 aromatic carbocycles. The Labute approximate surface area is 105 Å². The van der Waals surface area contributed by atoms with Crippen LogP contribution in [0.15, 0.2) is 42.9 Å². The molecular weight excluding hydrogens is 224 g/mol. The van der Waals surface area contributed by atoms with Gasteiger partial charge in [-0.15, -0.1) is 0 Å². The van der Waals surface area contributed by atoms with E-state index in [0.29, 0.717) is 6.54 Å². The van der Waals surface area contributed by atoms with Gasteiger partial charge in [0.05, 0.1) is 29.8 Å². The molecule has 0 radical (unpaired) electrons. The van der Waals surface area contributed by atoms with Crippen LogP contribution in [0.5, 0.6) is 0 Å². The molecule has 0 fully saturated rings. The van der Waals surface area contributed by atoms with Crippen molar-refractivity contribution in [3.8, 4) is 0 Å². The average Bonchev–Trinajstić information content (AvgIpc) is 2.82. The van der Waals surface area contributed by atoms with Gasteiger partial charge in [0, 0.05) is 17.3 Å². The number of aromatic amines is 1. The van der Waals surface area contributed by atoms with E-state index in [9.17, 15) is 0 Å². The molecule has 0 saturated carbocycles. The van der Waals surface area contributed by atoms with Crippen LogP contribution in [0, 0.1) is 6.92 Å². The highest BCUT2D eigenvalue weighted by Gasteiger charge is 2.03. The zero-order chi connectivity index (χ0) is 12.4. The van der Waals surface area contributed by atoms with E-state index in [0.717, 1.165) is 28.0 Å². The summed E-state index contributed by atoms with van der Waals surface area (Å²) in [7, 11) is 0. The molecule has 0 saturated heterocycles. The number of pyridine rings is 1. The van der Waals surface area contributed by atoms with Gasteiger partial charge in [-0.1, -0.05) is 18.2 Å². The Morgan fingerprint density at radius 3 is 2.89 bits per heavy atom. The van der Waals surface area contributed by atoms with E-state index in [1.54, 1.807) is 6.33 Å². The van der Waals surface area contributed by atoms with Crippen molar-refractivity contribution >= 4 is 16.6 Å². The summed E-state index contributed by atoms with van der Waals surface area (Å²) in [6, 6.07) is 10.1. The number of H-pyrrole nitrogens is 1. The van der Waals surface area contributed by atoms with Crippen LogP contribution < -0.4 is 5.32 Å². The van der Waals surface area contributed by atoms with E-state index >= 15 is 0 Å². The lowest BCUT2D eigenvalue weighted by Crippen LogP contribution is -2.02. The predicted molar refractivity (Wildman–Crippen MR) is 72.4 cm³/mol. The second-order valence-corrected chi connectivity index (χ2v) is 4.21. The number of fused-ring (bicyclic) bond motifs is 1. The summed E-state index contributed by atoms with van der Waals surface area (Å²) in [5, 5.41) is 4.53. The third-order valence-corrected chi connectivity index (χ3v) is 3.01. The fraction of sp³-hybridized carbons (Fsp3) is 0.143. The third-order valence-electron chi connectivity index (χ3n) is 3.01. The quantitative estimate of drug-likeness (QED) is 0.737. The fourth-order valence-corrected chi connectivity index (χ4v) is 1.99. The molecule has 0 aliphatic heterocycles. The van der Waals surface area contributed by atoms with Gasteiger partial charge in [0.15, 0.2) is 0 Å². The predicted octanol–water partition coefficient (Wildman–Crippen LogP) is 2.88. The monoisotopic (exact) mass is 238 g/mol. The standard InChI is InChI=1S/C14H14N4/c1-10-13(18-9-17-10)8-16-12-6-2-4-11-5-3-7-15-14(11)12/h2-7,9,16H,8H2,1H3,(H,17,18). The molecule has 2 aromatic heterocycles. The largest absolute Gasteiger partial charge is 0.378 e. The Morgan fingerprint density at radius 2 is 2.06 bits per heavy atom. The molecule has 0 aliphatic carbocycles. The SMILES string of the molecule is Cc1[nH]cnc1CNc1cccc2cccnc12. The molecule has 2 N–H and O–H groups in total. The molecular formula is C14H14N4. The van der Waals surface area contributed by atoms with Crippen LogP contribution in [0.25, 0.3) is 10.9 Å². The maximum atomic E-state index is 4.41. The van der Waals surface area contributed by atoms with Crippen molar-refractivity contribution in [1.29, 1.82) is 0 Å². The van der Waals surface area contributed by atoms with Gasteiger partial charge in [0.1, 0.15) is 0 Å². The molecule has 18 heavy (non-hydrogen) atoms. The molecule has 2 heterocycles. The van der Waals surface area contributed by atoms with Gasteiger partial charge in [-0.2, -0.15) is 0 Å². The number of aryl methyl sites for hydroxylation is 1. The molecule has 0 unspecified atom stereocenters. The highest BCUT2D eigenvalue weighted by atomic mass is 15.0. The first-order valence-corrected chi connectivity index (χ1v) is 5.91. The van der Waals surface area contributed by atoms with E-state index < -0.39 is 0 Å². The summed E-state index contributed by atoms with van der Waals surface area (Å²) in [4.78, 5) is 11.8. The van der Waals surface area contributed by atoms with E-state index in [-0.39, 0.29) is 0 Å². The summed E-state index contributed by atoms with van der Waals surface area (Å²) in [6.07, 6.45) is 3.53. The Balaban J connectivity index is 1.89. The summed E-state index contributed by atoms with van der Waals surface area (Å²) in [6.45, 7) is 2.72. The molecule has 3 aromatic rings. The van der Waals surface area contributed by atoms with Crippen LogP contribution in [0.2, 0.25) is 0 Å². The number of imidazole rings is 1. The zero-order valence-corrected chi connectivity index (χ0v) is 10.1. The minimum atomic E-state index is 0.699. The lowest BCUT2D eigenvalue weighted by Gasteiger charge is -2.08. The van der Waals surface area contributed by atoms with Crippen molar-refractivity contribution in [2.24, 2.45) is 0 Å². The van der Waals surface area contributed by atoms with Gasteiger partial charge >= 0.3 is 0 Å². The van der Waals surface area contributed by atoms with Crippen molar-refractivity contribution in [1.82, 2.24) is 15.0 Å². The number of aromatic nitrogens is 3. The average molecular weight is 238 g/mol. The molecule has 0 amide bonds. The van der Waals surface area contributed by atoms with E-state index in [1.807, 2.05) is 31.3 Å². The topological polar surface area (TPSA) is 53.6 Å². The highest BCUT2D eigenvalue weighted by Crippen LogP contribution is 2.21. The van der Waals surface area contributed by atoms with E-state index in [4.69, 9.17) is 0 Å². The van der Waals surface area contributed by atoms with E-state index in [2.05, 4.69) is 32.4 Å². The van der Waals surface area contributed by atoms with E-state index in [1.165, 1.54) is 0 Å². The van der Waals surface area contributed by atoms with Crippen LogP contribution in [0.1, 0.15) is 11.4 Å². The fourth-order valence-electron chi connectivity index (χ4n) is 1.99. The van der Waals surface area contributed by atoms with Gasteiger partial charge in [-0.05, 0) is 19.1 Å². The minimum Gasteiger partial charge on any atom is -0.378 e. The van der Waals surface area contributed by atoms with Gasteiger partial charge in [0.25, 0.3) is 0 Å². The lowest BCUT2D eigenvalue weighted by molar-refractivity contribution is 1.05. The van der Waals surface area contributed by atoms with Crippen molar-refractivity contribution in [3.05, 3.63) is 54.2 Å². The molecule has 4 nitrogen and oxygen atoms in total. The Kier molecular flexibility index (Phi) is 2.68. The van der Waals surface area contributed by atoms with Gasteiger partial charge in [-0.3, -0.25) is 4.98 Å². The number of anilines is 1.